The largest absolute Gasteiger partial charge is 0.481 e. The predicted octanol–water partition coefficient (Wildman–Crippen LogP) is -0.538. The van der Waals surface area contributed by atoms with Gasteiger partial charge in [-0.1, -0.05) is 0 Å². The molecule has 1 fully saturated rings. The zero-order valence-corrected chi connectivity index (χ0v) is 10.9. The third-order valence-corrected chi connectivity index (χ3v) is 3.76. The molecule has 1 aliphatic heterocycles. The van der Waals surface area contributed by atoms with Crippen molar-refractivity contribution in [3.8, 4) is 0 Å². The summed E-state index contributed by atoms with van der Waals surface area (Å²) in [6.07, 6.45) is -0.0919. The zero-order chi connectivity index (χ0) is 13.7. The molecular formula is C10H17N3O4S. The van der Waals surface area contributed by atoms with Crippen LogP contribution in [-0.2, 0) is 9.59 Å². The summed E-state index contributed by atoms with van der Waals surface area (Å²) in [6.45, 7) is 1.96. The van der Waals surface area contributed by atoms with Crippen LogP contribution in [0.1, 0.15) is 13.3 Å². The summed E-state index contributed by atoms with van der Waals surface area (Å²) in [5, 5.41) is 11.3. The first kappa shape index (κ1) is 14.6. The van der Waals surface area contributed by atoms with Crippen LogP contribution in [0.15, 0.2) is 0 Å². The third kappa shape index (κ3) is 4.10. The average Bonchev–Trinajstić information content (AvgIpc) is 2.28. The Morgan fingerprint density at radius 2 is 2.22 bits per heavy atom. The Morgan fingerprint density at radius 1 is 1.56 bits per heavy atom. The summed E-state index contributed by atoms with van der Waals surface area (Å²) in [5.41, 5.74) is 5.06. The fourth-order valence-corrected chi connectivity index (χ4v) is 2.69. The smallest absolute Gasteiger partial charge is 0.318 e. The first-order valence-corrected chi connectivity index (χ1v) is 6.73. The number of amides is 3. The minimum atomic E-state index is -0.941. The number of urea groups is 1. The maximum Gasteiger partial charge on any atom is 0.318 e. The van der Waals surface area contributed by atoms with E-state index in [1.54, 1.807) is 11.8 Å². The van der Waals surface area contributed by atoms with Gasteiger partial charge in [0.15, 0.2) is 0 Å². The zero-order valence-electron chi connectivity index (χ0n) is 10.1. The number of aliphatic carboxylic acids is 1. The minimum absolute atomic E-state index is 0.0919. The first-order chi connectivity index (χ1) is 8.41. The number of primary amides is 1. The highest BCUT2D eigenvalue weighted by Gasteiger charge is 2.29. The number of hydrogen-bond acceptors (Lipinski definition) is 4. The van der Waals surface area contributed by atoms with Crippen LogP contribution in [-0.4, -0.2) is 58.0 Å². The number of rotatable bonds is 4. The quantitative estimate of drug-likeness (QED) is 0.638. The van der Waals surface area contributed by atoms with Crippen molar-refractivity contribution in [3.63, 3.8) is 0 Å². The number of nitrogens with one attached hydrogen (secondary N) is 1. The van der Waals surface area contributed by atoms with Gasteiger partial charge in [-0.2, -0.15) is 11.8 Å². The van der Waals surface area contributed by atoms with Crippen LogP contribution < -0.4 is 11.1 Å². The third-order valence-electron chi connectivity index (χ3n) is 2.67. The van der Waals surface area contributed by atoms with Crippen LogP contribution in [0.3, 0.4) is 0 Å². The van der Waals surface area contributed by atoms with Crippen molar-refractivity contribution in [3.05, 3.63) is 0 Å². The Balaban J connectivity index is 2.62. The van der Waals surface area contributed by atoms with Gasteiger partial charge in [0.1, 0.15) is 6.04 Å². The Hall–Kier alpha value is -1.44. The van der Waals surface area contributed by atoms with Crippen molar-refractivity contribution in [2.24, 2.45) is 5.73 Å². The number of thioether (sulfide) groups is 1. The van der Waals surface area contributed by atoms with Crippen molar-refractivity contribution in [1.29, 1.82) is 0 Å². The van der Waals surface area contributed by atoms with Crippen molar-refractivity contribution in [2.45, 2.75) is 25.4 Å². The molecule has 7 nitrogen and oxygen atoms in total. The van der Waals surface area contributed by atoms with Gasteiger partial charge in [0.2, 0.25) is 5.91 Å². The standard InChI is InChI=1S/C10H17N3O4S/c1-6(9(11)16)12-10(17)13-2-3-18-5-7(13)4-8(14)15/h6-7H,2-5H2,1H3,(H2,11,16)(H,12,17)(H,14,15). The molecule has 0 radical (unpaired) electrons. The Morgan fingerprint density at radius 3 is 2.78 bits per heavy atom. The van der Waals surface area contributed by atoms with Crippen LogP contribution >= 0.6 is 11.8 Å². The molecule has 2 atom stereocenters. The molecule has 0 aromatic carbocycles. The van der Waals surface area contributed by atoms with Gasteiger partial charge in [-0.05, 0) is 6.92 Å². The van der Waals surface area contributed by atoms with Gasteiger partial charge in [-0.3, -0.25) is 9.59 Å². The van der Waals surface area contributed by atoms with E-state index in [1.807, 2.05) is 0 Å². The molecule has 0 aliphatic carbocycles. The maximum absolute atomic E-state index is 11.9. The van der Waals surface area contributed by atoms with Gasteiger partial charge in [0.05, 0.1) is 12.5 Å². The van der Waals surface area contributed by atoms with Crippen LogP contribution in [0.4, 0.5) is 4.79 Å². The Bertz CT molecular complexity index is 350. The lowest BCUT2D eigenvalue weighted by molar-refractivity contribution is -0.138. The molecule has 18 heavy (non-hydrogen) atoms. The van der Waals surface area contributed by atoms with Crippen molar-refractivity contribution in [2.75, 3.05) is 18.1 Å². The van der Waals surface area contributed by atoms with Gasteiger partial charge in [-0.25, -0.2) is 4.79 Å². The summed E-state index contributed by atoms with van der Waals surface area (Å²) >= 11 is 1.61. The predicted molar refractivity (Wildman–Crippen MR) is 67.3 cm³/mol. The summed E-state index contributed by atoms with van der Waals surface area (Å²) in [5.74, 6) is -0.216. The van der Waals surface area contributed by atoms with Gasteiger partial charge < -0.3 is 21.1 Å². The van der Waals surface area contributed by atoms with Crippen LogP contribution in [0.25, 0.3) is 0 Å². The summed E-state index contributed by atoms with van der Waals surface area (Å²) < 4.78 is 0. The highest BCUT2D eigenvalue weighted by Crippen LogP contribution is 2.19. The summed E-state index contributed by atoms with van der Waals surface area (Å²) in [6, 6.07) is -1.55. The second-order valence-electron chi connectivity index (χ2n) is 4.09. The summed E-state index contributed by atoms with van der Waals surface area (Å²) in [7, 11) is 0. The number of carbonyl (C=O) groups is 3. The molecule has 0 spiro atoms. The van der Waals surface area contributed by atoms with E-state index in [-0.39, 0.29) is 12.5 Å². The van der Waals surface area contributed by atoms with Crippen molar-refractivity contribution in [1.82, 2.24) is 10.2 Å². The van der Waals surface area contributed by atoms with Gasteiger partial charge >= 0.3 is 12.0 Å². The molecule has 8 heteroatoms. The fraction of sp³-hybridized carbons (Fsp3) is 0.700. The van der Waals surface area contributed by atoms with E-state index in [1.165, 1.54) is 11.8 Å². The molecule has 102 valence electrons. The molecule has 1 heterocycles. The van der Waals surface area contributed by atoms with Gasteiger partial charge in [0, 0.05) is 18.1 Å². The van der Waals surface area contributed by atoms with E-state index < -0.39 is 23.9 Å². The number of hydrogen-bond donors (Lipinski definition) is 3. The molecule has 0 bridgehead atoms. The highest BCUT2D eigenvalue weighted by atomic mass is 32.2. The molecule has 3 amide bonds. The lowest BCUT2D eigenvalue weighted by Crippen LogP contribution is -2.54. The van der Waals surface area contributed by atoms with E-state index in [0.717, 1.165) is 5.75 Å². The number of carboxylic acids is 1. The van der Waals surface area contributed by atoms with E-state index >= 15 is 0 Å². The number of nitrogens with two attached hydrogens (primary N) is 1. The summed E-state index contributed by atoms with van der Waals surface area (Å²) in [4.78, 5) is 35.0. The van der Waals surface area contributed by atoms with E-state index in [9.17, 15) is 14.4 Å². The van der Waals surface area contributed by atoms with Crippen LogP contribution in [0.5, 0.6) is 0 Å². The lowest BCUT2D eigenvalue weighted by Gasteiger charge is -2.35. The molecule has 1 aliphatic rings. The van der Waals surface area contributed by atoms with Crippen LogP contribution in [0, 0.1) is 0 Å². The van der Waals surface area contributed by atoms with Crippen LogP contribution in [0.2, 0.25) is 0 Å². The molecule has 0 aromatic heterocycles. The fourth-order valence-electron chi connectivity index (χ4n) is 1.63. The lowest BCUT2D eigenvalue weighted by atomic mass is 10.2. The molecule has 0 saturated carbocycles. The first-order valence-electron chi connectivity index (χ1n) is 5.57. The van der Waals surface area contributed by atoms with E-state index in [0.29, 0.717) is 12.3 Å². The molecule has 1 saturated heterocycles. The number of carbonyl (C=O) groups excluding carboxylic acids is 2. The monoisotopic (exact) mass is 275 g/mol. The van der Waals surface area contributed by atoms with Gasteiger partial charge in [0.25, 0.3) is 0 Å². The molecule has 4 N–H and O–H groups in total. The number of carboxylic acid groups (broad SMARTS) is 1. The van der Waals surface area contributed by atoms with E-state index in [2.05, 4.69) is 5.32 Å². The second-order valence-corrected chi connectivity index (χ2v) is 5.24. The van der Waals surface area contributed by atoms with Gasteiger partial charge in [-0.15, -0.1) is 0 Å². The van der Waals surface area contributed by atoms with E-state index in [4.69, 9.17) is 10.8 Å². The normalized spacial score (nSPS) is 21.2. The second kappa shape index (κ2) is 6.48. The highest BCUT2D eigenvalue weighted by molar-refractivity contribution is 7.99. The van der Waals surface area contributed by atoms with Crippen molar-refractivity contribution >= 4 is 29.7 Å². The molecular weight excluding hydrogens is 258 g/mol. The maximum atomic E-state index is 11.9. The Kier molecular flexibility index (Phi) is 5.26. The Labute approximate surface area is 109 Å². The average molecular weight is 275 g/mol. The van der Waals surface area contributed by atoms with Crippen molar-refractivity contribution < 1.29 is 19.5 Å². The number of nitrogens with zero attached hydrogens (tertiary/aromatic N) is 1. The topological polar surface area (TPSA) is 113 Å². The SMILES string of the molecule is CC(NC(=O)N1CCSCC1CC(=O)O)C(N)=O. The molecule has 0 aromatic rings. The minimum Gasteiger partial charge on any atom is -0.481 e. The molecule has 2 unspecified atom stereocenters. The molecule has 1 rings (SSSR count).